The predicted molar refractivity (Wildman–Crippen MR) is 69.7 cm³/mol. The molecule has 1 saturated carbocycles. The van der Waals surface area contributed by atoms with Gasteiger partial charge in [-0.1, -0.05) is 36.7 Å². The number of nitrogens with one attached hydrogen (secondary N) is 1. The fraction of sp³-hybridized carbons (Fsp3) is 0.571. The van der Waals surface area contributed by atoms with E-state index in [1.54, 1.807) is 0 Å². The van der Waals surface area contributed by atoms with Crippen LogP contribution in [0.2, 0.25) is 5.02 Å². The van der Waals surface area contributed by atoms with Crippen molar-refractivity contribution in [3.8, 4) is 0 Å². The summed E-state index contributed by atoms with van der Waals surface area (Å²) >= 11 is 6.13. The fourth-order valence-electron chi connectivity index (χ4n) is 2.36. The molecule has 1 aromatic rings. The van der Waals surface area contributed by atoms with Gasteiger partial charge in [-0.05, 0) is 43.2 Å². The van der Waals surface area contributed by atoms with Crippen molar-refractivity contribution in [2.45, 2.75) is 45.2 Å². The average molecular weight is 238 g/mol. The van der Waals surface area contributed by atoms with Gasteiger partial charge in [0.25, 0.3) is 0 Å². The highest BCUT2D eigenvalue weighted by Gasteiger charge is 2.17. The first kappa shape index (κ1) is 11.9. The molecule has 0 spiro atoms. The van der Waals surface area contributed by atoms with Crippen molar-refractivity contribution < 1.29 is 0 Å². The number of hydrogen-bond acceptors (Lipinski definition) is 1. The van der Waals surface area contributed by atoms with Crippen LogP contribution >= 0.6 is 11.6 Å². The smallest absolute Gasteiger partial charge is 0.0450 e. The van der Waals surface area contributed by atoms with Crippen molar-refractivity contribution in [3.05, 3.63) is 34.9 Å². The maximum absolute atomic E-state index is 6.13. The zero-order chi connectivity index (χ0) is 11.4. The molecule has 1 nitrogen and oxygen atoms in total. The lowest BCUT2D eigenvalue weighted by Gasteiger charge is -2.27. The molecule has 1 aliphatic rings. The SMILES string of the molecule is CC1CCC(NCc2ccccc2Cl)CC1. The highest BCUT2D eigenvalue weighted by atomic mass is 35.5. The third kappa shape index (κ3) is 3.23. The molecule has 0 unspecified atom stereocenters. The molecule has 0 atom stereocenters. The minimum atomic E-state index is 0.687. The summed E-state index contributed by atoms with van der Waals surface area (Å²) in [6.45, 7) is 3.25. The van der Waals surface area contributed by atoms with Crippen LogP contribution in [0, 0.1) is 5.92 Å². The first-order valence-electron chi connectivity index (χ1n) is 6.22. The monoisotopic (exact) mass is 237 g/mol. The Labute approximate surface area is 103 Å². The van der Waals surface area contributed by atoms with E-state index in [1.807, 2.05) is 18.2 Å². The summed E-state index contributed by atoms with van der Waals surface area (Å²) in [4.78, 5) is 0. The van der Waals surface area contributed by atoms with Gasteiger partial charge in [0.05, 0.1) is 0 Å². The van der Waals surface area contributed by atoms with Gasteiger partial charge in [-0.15, -0.1) is 0 Å². The summed E-state index contributed by atoms with van der Waals surface area (Å²) in [6, 6.07) is 8.77. The third-order valence-corrected chi connectivity index (χ3v) is 3.92. The predicted octanol–water partition coefficient (Wildman–Crippen LogP) is 4.01. The summed E-state index contributed by atoms with van der Waals surface area (Å²) < 4.78 is 0. The summed E-state index contributed by atoms with van der Waals surface area (Å²) in [6.07, 6.45) is 5.34. The van der Waals surface area contributed by atoms with Crippen molar-refractivity contribution >= 4 is 11.6 Å². The summed E-state index contributed by atoms with van der Waals surface area (Å²) in [5.74, 6) is 0.915. The van der Waals surface area contributed by atoms with E-state index in [-0.39, 0.29) is 0 Å². The van der Waals surface area contributed by atoms with Crippen LogP contribution in [0.4, 0.5) is 0 Å². The molecule has 0 heterocycles. The van der Waals surface area contributed by atoms with Crippen molar-refractivity contribution in [2.75, 3.05) is 0 Å². The molecule has 2 heteroatoms. The number of benzene rings is 1. The molecule has 16 heavy (non-hydrogen) atoms. The second-order valence-electron chi connectivity index (χ2n) is 4.93. The molecule has 1 aliphatic carbocycles. The molecular weight excluding hydrogens is 218 g/mol. The van der Waals surface area contributed by atoms with Crippen LogP contribution < -0.4 is 5.32 Å². The van der Waals surface area contributed by atoms with Crippen molar-refractivity contribution in [1.29, 1.82) is 0 Å². The van der Waals surface area contributed by atoms with Gasteiger partial charge in [-0.2, -0.15) is 0 Å². The van der Waals surface area contributed by atoms with Gasteiger partial charge >= 0.3 is 0 Å². The number of halogens is 1. The highest BCUT2D eigenvalue weighted by molar-refractivity contribution is 6.31. The van der Waals surface area contributed by atoms with Crippen LogP contribution in [0.25, 0.3) is 0 Å². The number of rotatable bonds is 3. The average Bonchev–Trinajstić information content (AvgIpc) is 2.30. The van der Waals surface area contributed by atoms with E-state index in [9.17, 15) is 0 Å². The van der Waals surface area contributed by atoms with E-state index in [0.717, 1.165) is 17.5 Å². The minimum Gasteiger partial charge on any atom is -0.310 e. The Balaban J connectivity index is 1.81. The topological polar surface area (TPSA) is 12.0 Å². The van der Waals surface area contributed by atoms with E-state index >= 15 is 0 Å². The normalized spacial score (nSPS) is 25.6. The Kier molecular flexibility index (Phi) is 4.25. The van der Waals surface area contributed by atoms with Crippen LogP contribution in [0.5, 0.6) is 0 Å². The molecule has 0 aliphatic heterocycles. The Morgan fingerprint density at radius 3 is 2.56 bits per heavy atom. The van der Waals surface area contributed by atoms with Crippen LogP contribution in [-0.4, -0.2) is 6.04 Å². The van der Waals surface area contributed by atoms with Crippen LogP contribution in [0.15, 0.2) is 24.3 Å². The molecule has 1 N–H and O–H groups in total. The standard InChI is InChI=1S/C14H20ClN/c1-11-6-8-13(9-7-11)16-10-12-4-2-3-5-14(12)15/h2-5,11,13,16H,6-10H2,1H3. The van der Waals surface area contributed by atoms with Gasteiger partial charge in [-0.25, -0.2) is 0 Å². The maximum atomic E-state index is 6.13. The van der Waals surface area contributed by atoms with E-state index in [4.69, 9.17) is 11.6 Å². The zero-order valence-electron chi connectivity index (χ0n) is 9.88. The second-order valence-corrected chi connectivity index (χ2v) is 5.34. The summed E-state index contributed by atoms with van der Waals surface area (Å²) in [7, 11) is 0. The molecule has 0 radical (unpaired) electrons. The minimum absolute atomic E-state index is 0.687. The lowest BCUT2D eigenvalue weighted by atomic mass is 9.87. The molecule has 1 aromatic carbocycles. The van der Waals surface area contributed by atoms with Crippen LogP contribution in [0.1, 0.15) is 38.2 Å². The molecule has 2 rings (SSSR count). The van der Waals surface area contributed by atoms with Crippen molar-refractivity contribution in [1.82, 2.24) is 5.32 Å². The van der Waals surface area contributed by atoms with Gasteiger partial charge in [0.1, 0.15) is 0 Å². The fourth-order valence-corrected chi connectivity index (χ4v) is 2.56. The maximum Gasteiger partial charge on any atom is 0.0450 e. The van der Waals surface area contributed by atoms with Gasteiger partial charge in [0.15, 0.2) is 0 Å². The third-order valence-electron chi connectivity index (χ3n) is 3.55. The molecular formula is C14H20ClN. The zero-order valence-corrected chi connectivity index (χ0v) is 10.6. The van der Waals surface area contributed by atoms with E-state index in [2.05, 4.69) is 18.3 Å². The van der Waals surface area contributed by atoms with Gasteiger partial charge < -0.3 is 5.32 Å². The Hall–Kier alpha value is -0.530. The van der Waals surface area contributed by atoms with Gasteiger partial charge in [0, 0.05) is 17.6 Å². The summed E-state index contributed by atoms with van der Waals surface area (Å²) in [5, 5.41) is 4.49. The lowest BCUT2D eigenvalue weighted by molar-refractivity contribution is 0.306. The van der Waals surface area contributed by atoms with Crippen molar-refractivity contribution in [3.63, 3.8) is 0 Å². The highest BCUT2D eigenvalue weighted by Crippen LogP contribution is 2.24. The Morgan fingerprint density at radius 1 is 1.19 bits per heavy atom. The first-order valence-corrected chi connectivity index (χ1v) is 6.60. The first-order chi connectivity index (χ1) is 7.75. The van der Waals surface area contributed by atoms with Crippen molar-refractivity contribution in [2.24, 2.45) is 5.92 Å². The van der Waals surface area contributed by atoms with Crippen LogP contribution in [0.3, 0.4) is 0 Å². The van der Waals surface area contributed by atoms with E-state index < -0.39 is 0 Å². The molecule has 0 bridgehead atoms. The molecule has 0 amide bonds. The van der Waals surface area contributed by atoms with Gasteiger partial charge in [0.2, 0.25) is 0 Å². The van der Waals surface area contributed by atoms with Gasteiger partial charge in [-0.3, -0.25) is 0 Å². The van der Waals surface area contributed by atoms with E-state index in [1.165, 1.54) is 31.2 Å². The van der Waals surface area contributed by atoms with E-state index in [0.29, 0.717) is 6.04 Å². The summed E-state index contributed by atoms with van der Waals surface area (Å²) in [5.41, 5.74) is 1.21. The quantitative estimate of drug-likeness (QED) is 0.838. The second kappa shape index (κ2) is 5.70. The Morgan fingerprint density at radius 2 is 1.88 bits per heavy atom. The lowest BCUT2D eigenvalue weighted by Crippen LogP contribution is -2.32. The van der Waals surface area contributed by atoms with Crippen LogP contribution in [-0.2, 0) is 6.54 Å². The Bertz CT molecular complexity index is 329. The molecule has 88 valence electrons. The molecule has 1 fully saturated rings. The number of hydrogen-bond donors (Lipinski definition) is 1. The molecule has 0 aromatic heterocycles. The molecule has 0 saturated heterocycles. The largest absolute Gasteiger partial charge is 0.310 e.